The van der Waals surface area contributed by atoms with Gasteiger partial charge in [-0.15, -0.1) is 0 Å². The van der Waals surface area contributed by atoms with Crippen LogP contribution in [0.4, 0.5) is 10.5 Å². The van der Waals surface area contributed by atoms with Crippen LogP contribution in [0.3, 0.4) is 0 Å². The molecule has 1 fully saturated rings. The van der Waals surface area contributed by atoms with Gasteiger partial charge >= 0.3 is 6.09 Å². The minimum atomic E-state index is -3.07. The number of methoxy groups -OCH3 is 1. The first kappa shape index (κ1) is 22.9. The van der Waals surface area contributed by atoms with Crippen molar-refractivity contribution in [3.63, 3.8) is 0 Å². The Bertz CT molecular complexity index is 1360. The molecule has 5 rings (SSSR count). The standard InChI is InChI=1S/C24H31N5O4S/c1-15-11-25-27(12-15)13-16(2)23-26-22-19-6-5-17(3)28(24(30)33-4)20(19)7-8-21(22)29(23)18-9-10-34(31,32)14-18/h7-8,11-12,16-18H,5-6,9-10,13-14H2,1-4H3/t16?,17-,18?/m0/s1. The van der Waals surface area contributed by atoms with Crippen molar-refractivity contribution in [3.8, 4) is 0 Å². The first-order valence-electron chi connectivity index (χ1n) is 11.8. The summed E-state index contributed by atoms with van der Waals surface area (Å²) in [5.74, 6) is 1.20. The fourth-order valence-electron chi connectivity index (χ4n) is 5.43. The number of aryl methyl sites for hydroxylation is 2. The first-order chi connectivity index (χ1) is 16.2. The summed E-state index contributed by atoms with van der Waals surface area (Å²) in [5, 5.41) is 4.43. The molecular weight excluding hydrogens is 454 g/mol. The fraction of sp³-hybridized carbons (Fsp3) is 0.542. The molecule has 0 saturated carbocycles. The molecule has 34 heavy (non-hydrogen) atoms. The number of hydrogen-bond acceptors (Lipinski definition) is 6. The van der Waals surface area contributed by atoms with Gasteiger partial charge in [0, 0.05) is 23.7 Å². The van der Waals surface area contributed by atoms with E-state index < -0.39 is 9.84 Å². The van der Waals surface area contributed by atoms with Crippen molar-refractivity contribution in [2.45, 2.75) is 64.6 Å². The van der Waals surface area contributed by atoms with E-state index in [1.165, 1.54) is 7.11 Å². The molecule has 1 aromatic carbocycles. The normalized spacial score (nSPS) is 22.6. The molecule has 2 unspecified atom stereocenters. The summed E-state index contributed by atoms with van der Waals surface area (Å²) in [6, 6.07) is 3.82. The highest BCUT2D eigenvalue weighted by atomic mass is 32.2. The van der Waals surface area contributed by atoms with Crippen molar-refractivity contribution in [1.82, 2.24) is 19.3 Å². The van der Waals surface area contributed by atoms with Crippen LogP contribution in [0.5, 0.6) is 0 Å². The molecule has 2 aliphatic rings. The molecule has 0 N–H and O–H groups in total. The number of hydrogen-bond donors (Lipinski definition) is 0. The van der Waals surface area contributed by atoms with E-state index in [0.717, 1.165) is 46.5 Å². The maximum absolute atomic E-state index is 12.5. The van der Waals surface area contributed by atoms with Crippen molar-refractivity contribution in [1.29, 1.82) is 0 Å². The monoisotopic (exact) mass is 485 g/mol. The predicted molar refractivity (Wildman–Crippen MR) is 130 cm³/mol. The van der Waals surface area contributed by atoms with Gasteiger partial charge in [0.15, 0.2) is 9.84 Å². The second-order valence-corrected chi connectivity index (χ2v) is 11.9. The number of nitrogens with zero attached hydrogens (tertiary/aromatic N) is 5. The molecule has 0 aliphatic carbocycles. The number of aromatic nitrogens is 4. The second-order valence-electron chi connectivity index (χ2n) is 9.70. The Hall–Kier alpha value is -2.88. The van der Waals surface area contributed by atoms with Gasteiger partial charge in [0.25, 0.3) is 0 Å². The minimum Gasteiger partial charge on any atom is -0.452 e. The molecule has 3 aromatic rings. The molecule has 0 bridgehead atoms. The van der Waals surface area contributed by atoms with Crippen LogP contribution < -0.4 is 4.90 Å². The number of sulfone groups is 1. The lowest BCUT2D eigenvalue weighted by atomic mass is 9.95. The Morgan fingerprint density at radius 3 is 2.74 bits per heavy atom. The molecule has 1 saturated heterocycles. The minimum absolute atomic E-state index is 0.0184. The van der Waals surface area contributed by atoms with E-state index in [-0.39, 0.29) is 35.6 Å². The summed E-state index contributed by atoms with van der Waals surface area (Å²) in [6.45, 7) is 6.77. The van der Waals surface area contributed by atoms with Crippen LogP contribution in [0.15, 0.2) is 24.5 Å². The third-order valence-electron chi connectivity index (χ3n) is 7.09. The lowest BCUT2D eigenvalue weighted by Crippen LogP contribution is -2.42. The van der Waals surface area contributed by atoms with Gasteiger partial charge in [0.1, 0.15) is 5.82 Å². The second kappa shape index (κ2) is 8.41. The van der Waals surface area contributed by atoms with Gasteiger partial charge < -0.3 is 9.30 Å². The molecule has 1 amide bonds. The highest BCUT2D eigenvalue weighted by Gasteiger charge is 2.35. The third-order valence-corrected chi connectivity index (χ3v) is 8.84. The van der Waals surface area contributed by atoms with Crippen molar-refractivity contribution >= 4 is 32.7 Å². The van der Waals surface area contributed by atoms with Crippen LogP contribution in [0.1, 0.15) is 55.6 Å². The topological polar surface area (TPSA) is 99.3 Å². The maximum atomic E-state index is 12.5. The van der Waals surface area contributed by atoms with Gasteiger partial charge in [0.05, 0.1) is 54.1 Å². The zero-order chi connectivity index (χ0) is 24.2. The van der Waals surface area contributed by atoms with Gasteiger partial charge in [0.2, 0.25) is 0 Å². The number of fused-ring (bicyclic) bond motifs is 3. The van der Waals surface area contributed by atoms with E-state index in [2.05, 4.69) is 16.6 Å². The van der Waals surface area contributed by atoms with Gasteiger partial charge in [-0.25, -0.2) is 18.2 Å². The fourth-order valence-corrected chi connectivity index (χ4v) is 7.13. The van der Waals surface area contributed by atoms with Crippen LogP contribution in [-0.4, -0.2) is 58.5 Å². The lowest BCUT2D eigenvalue weighted by molar-refractivity contribution is 0.175. The molecule has 9 nitrogen and oxygen atoms in total. The van der Waals surface area contributed by atoms with E-state index in [0.29, 0.717) is 13.0 Å². The van der Waals surface area contributed by atoms with Gasteiger partial charge in [-0.2, -0.15) is 5.10 Å². The molecule has 10 heteroatoms. The van der Waals surface area contributed by atoms with Crippen molar-refractivity contribution in [2.24, 2.45) is 0 Å². The highest BCUT2D eigenvalue weighted by Crippen LogP contribution is 2.40. The number of ether oxygens (including phenoxy) is 1. The van der Waals surface area contributed by atoms with Gasteiger partial charge in [-0.1, -0.05) is 6.92 Å². The number of imidazole rings is 1. The zero-order valence-electron chi connectivity index (χ0n) is 20.1. The van der Waals surface area contributed by atoms with E-state index >= 15 is 0 Å². The SMILES string of the molecule is COC(=O)N1c2ccc3c(nc(C(C)Cn4cc(C)cn4)n3C3CCS(=O)(=O)C3)c2CC[C@@H]1C. The van der Waals surface area contributed by atoms with E-state index in [1.807, 2.05) is 43.1 Å². The Labute approximate surface area is 199 Å². The van der Waals surface area contributed by atoms with E-state index in [9.17, 15) is 13.2 Å². The molecule has 2 aliphatic heterocycles. The first-order valence-corrected chi connectivity index (χ1v) is 13.6. The molecule has 182 valence electrons. The van der Waals surface area contributed by atoms with E-state index in [4.69, 9.17) is 9.72 Å². The number of carbonyl (C=O) groups excluding carboxylic acids is 1. The van der Waals surface area contributed by atoms with Crippen LogP contribution in [0, 0.1) is 6.92 Å². The molecule has 0 radical (unpaired) electrons. The Morgan fingerprint density at radius 1 is 1.29 bits per heavy atom. The van der Waals surface area contributed by atoms with Crippen LogP contribution >= 0.6 is 0 Å². The summed E-state index contributed by atoms with van der Waals surface area (Å²) in [6.07, 6.45) is 5.64. The molecule has 0 spiro atoms. The number of rotatable bonds is 4. The Kier molecular flexibility index (Phi) is 5.66. The van der Waals surface area contributed by atoms with Crippen LogP contribution in [0.2, 0.25) is 0 Å². The molecule has 4 heterocycles. The molecular formula is C24H31N5O4S. The van der Waals surface area contributed by atoms with Gasteiger partial charge in [-0.3, -0.25) is 9.58 Å². The number of carbonyl (C=O) groups is 1. The molecule has 3 atom stereocenters. The summed E-state index contributed by atoms with van der Waals surface area (Å²) >= 11 is 0. The average molecular weight is 486 g/mol. The van der Waals surface area contributed by atoms with Crippen molar-refractivity contribution < 1.29 is 17.9 Å². The number of amides is 1. The van der Waals surface area contributed by atoms with E-state index in [1.54, 1.807) is 4.90 Å². The number of anilines is 1. The maximum Gasteiger partial charge on any atom is 0.414 e. The average Bonchev–Trinajstić information content (AvgIpc) is 3.48. The lowest BCUT2D eigenvalue weighted by Gasteiger charge is -2.34. The summed E-state index contributed by atoms with van der Waals surface area (Å²) in [4.78, 5) is 19.4. The van der Waals surface area contributed by atoms with Crippen molar-refractivity contribution in [2.75, 3.05) is 23.5 Å². The summed E-state index contributed by atoms with van der Waals surface area (Å²) in [5.41, 5.74) is 4.71. The molecule has 2 aromatic heterocycles. The summed E-state index contributed by atoms with van der Waals surface area (Å²) < 4.78 is 33.8. The zero-order valence-corrected chi connectivity index (χ0v) is 20.9. The van der Waals surface area contributed by atoms with Crippen LogP contribution in [-0.2, 0) is 27.5 Å². The predicted octanol–water partition coefficient (Wildman–Crippen LogP) is 3.61. The smallest absolute Gasteiger partial charge is 0.414 e. The highest BCUT2D eigenvalue weighted by molar-refractivity contribution is 7.91. The number of benzene rings is 1. The Morgan fingerprint density at radius 2 is 2.09 bits per heavy atom. The summed E-state index contributed by atoms with van der Waals surface area (Å²) in [7, 11) is -1.68. The quantitative estimate of drug-likeness (QED) is 0.560. The Balaban J connectivity index is 1.65. The van der Waals surface area contributed by atoms with Gasteiger partial charge in [-0.05, 0) is 50.8 Å². The van der Waals surface area contributed by atoms with Crippen LogP contribution in [0.25, 0.3) is 11.0 Å². The van der Waals surface area contributed by atoms with Crippen molar-refractivity contribution in [3.05, 3.63) is 41.5 Å². The largest absolute Gasteiger partial charge is 0.452 e. The third kappa shape index (κ3) is 3.87.